The smallest absolute Gasteiger partial charge is 0.420 e. The summed E-state index contributed by atoms with van der Waals surface area (Å²) in [5.41, 5.74) is -24.2. The highest BCUT2D eigenvalue weighted by molar-refractivity contribution is 6.12. The van der Waals surface area contributed by atoms with Gasteiger partial charge in [0.1, 0.15) is 28.6 Å². The Morgan fingerprint density at radius 3 is 1.26 bits per heavy atom. The fourth-order valence-corrected chi connectivity index (χ4v) is 6.88. The Hall–Kier alpha value is -11.3. The van der Waals surface area contributed by atoms with Crippen LogP contribution in [-0.4, -0.2) is 111 Å². The number of halogens is 6. The molecule has 0 bridgehead atoms. The number of amides is 2. The number of carboxylic acid groups (broad SMARTS) is 6. The van der Waals surface area contributed by atoms with E-state index in [1.165, 1.54) is 0 Å². The van der Waals surface area contributed by atoms with Crippen molar-refractivity contribution in [3.05, 3.63) is 142 Å². The topological polar surface area (TPSA) is 444 Å². The highest BCUT2D eigenvalue weighted by Gasteiger charge is 2.43. The van der Waals surface area contributed by atoms with Crippen LogP contribution in [0.4, 0.5) is 54.8 Å². The molecule has 10 N–H and O–H groups in total. The summed E-state index contributed by atoms with van der Waals surface area (Å²) in [6, 6.07) is 5.73. The summed E-state index contributed by atoms with van der Waals surface area (Å²) in [5.74, 6) is -17.4. The highest BCUT2D eigenvalue weighted by atomic mass is 19.4. The Balaban J connectivity index is 1.47. The molecular weight excluding hydrogens is 1070 g/mol. The number of carboxylic acids is 6. The lowest BCUT2D eigenvalue weighted by Gasteiger charge is -2.17. The van der Waals surface area contributed by atoms with Gasteiger partial charge in [0.15, 0.2) is 17.3 Å². The Kier molecular flexibility index (Phi) is 16.6. The molecule has 0 atom stereocenters. The molecule has 3 aromatic carbocycles. The van der Waals surface area contributed by atoms with Gasteiger partial charge in [0.25, 0.3) is 28.6 Å². The van der Waals surface area contributed by atoms with E-state index in [1.807, 2.05) is 10.6 Å². The molecule has 78 heavy (non-hydrogen) atoms. The first-order valence-electron chi connectivity index (χ1n) is 20.5. The minimum absolute atomic E-state index is 0.0221. The average molecular weight is 1100 g/mol. The third-order valence-electron chi connectivity index (χ3n) is 10.4. The van der Waals surface area contributed by atoms with Crippen LogP contribution in [0.3, 0.4) is 0 Å². The fourth-order valence-electron chi connectivity index (χ4n) is 6.88. The number of nitrogens with zero attached hydrogens (tertiary/aromatic N) is 8. The second-order valence-electron chi connectivity index (χ2n) is 15.1. The van der Waals surface area contributed by atoms with E-state index in [0.717, 1.165) is 18.2 Å². The van der Waals surface area contributed by atoms with E-state index in [9.17, 15) is 120 Å². The van der Waals surface area contributed by atoms with E-state index >= 15 is 0 Å². The van der Waals surface area contributed by atoms with Crippen molar-refractivity contribution in [1.82, 2.24) is 19.8 Å². The van der Waals surface area contributed by atoms with Gasteiger partial charge in [0.2, 0.25) is 5.88 Å². The number of nitrogens with one attached hydrogen (secondary N) is 2. The fraction of sp³-hybridized carbons (Fsp3) is 0.136. The van der Waals surface area contributed by atoms with Gasteiger partial charge in [-0.3, -0.25) is 28.3 Å². The van der Waals surface area contributed by atoms with Crippen LogP contribution in [0.5, 0.6) is 11.8 Å². The van der Waals surface area contributed by atoms with Crippen molar-refractivity contribution in [1.29, 1.82) is 5.26 Å². The number of alkyl halides is 6. The number of nitriles is 1. The van der Waals surface area contributed by atoms with Crippen molar-refractivity contribution < 1.29 is 106 Å². The maximum Gasteiger partial charge on any atom is 0.420 e. The predicted molar refractivity (Wildman–Crippen MR) is 240 cm³/mol. The molecule has 0 unspecified atom stereocenters. The number of rotatable bonds is 18. The van der Waals surface area contributed by atoms with Gasteiger partial charge in [0.05, 0.1) is 56.6 Å². The Morgan fingerprint density at radius 2 is 0.923 bits per heavy atom. The summed E-state index contributed by atoms with van der Waals surface area (Å²) >= 11 is 0. The summed E-state index contributed by atoms with van der Waals surface area (Å²) in [6.45, 7) is 3.09. The maximum absolute atomic E-state index is 14.3. The largest absolute Gasteiger partial charge is 0.503 e. The Labute approximate surface area is 424 Å². The quantitative estimate of drug-likeness (QED) is 0.0283. The summed E-state index contributed by atoms with van der Waals surface area (Å²) in [6.07, 6.45) is -11.3. The van der Waals surface area contributed by atoms with Gasteiger partial charge in [-0.25, -0.2) is 33.6 Å². The molecule has 0 saturated heterocycles. The molecule has 0 radical (unpaired) electrons. The second-order valence-corrected chi connectivity index (χ2v) is 15.1. The Bertz CT molecular complexity index is 3500. The van der Waals surface area contributed by atoms with Gasteiger partial charge < -0.3 is 51.5 Å². The van der Waals surface area contributed by atoms with Crippen molar-refractivity contribution >= 4 is 76.1 Å². The number of aromatic carboxylic acids is 6. The van der Waals surface area contributed by atoms with E-state index in [0.29, 0.717) is 36.4 Å². The monoisotopic (exact) mass is 1100 g/mol. The average Bonchev–Trinajstić information content (AvgIpc) is 3.51. The van der Waals surface area contributed by atoms with Crippen molar-refractivity contribution in [3.63, 3.8) is 0 Å². The number of carbonyl (C=O) groups is 8. The molecule has 402 valence electrons. The van der Waals surface area contributed by atoms with Crippen LogP contribution in [0.15, 0.2) is 78.6 Å². The van der Waals surface area contributed by atoms with E-state index in [2.05, 4.69) is 25.3 Å². The molecule has 0 fully saturated rings. The first-order chi connectivity index (χ1) is 36.4. The summed E-state index contributed by atoms with van der Waals surface area (Å²) in [4.78, 5) is 128. The van der Waals surface area contributed by atoms with Crippen molar-refractivity contribution in [2.24, 2.45) is 20.5 Å². The van der Waals surface area contributed by atoms with Crippen molar-refractivity contribution in [2.45, 2.75) is 25.4 Å². The molecule has 2 heterocycles. The van der Waals surface area contributed by atoms with Gasteiger partial charge in [0, 0.05) is 26.2 Å². The molecule has 5 aromatic rings. The normalized spacial score (nSPS) is 11.4. The number of aromatic hydroxyl groups is 2. The molecular formula is C44H26F6N10O18. The number of carbonyl (C=O) groups excluding carboxylic acids is 2. The summed E-state index contributed by atoms with van der Waals surface area (Å²) in [5, 5.41) is 105. The lowest BCUT2D eigenvalue weighted by molar-refractivity contribution is -0.138. The van der Waals surface area contributed by atoms with Gasteiger partial charge in [-0.15, -0.1) is 20.5 Å². The second kappa shape index (κ2) is 22.4. The first-order valence-corrected chi connectivity index (χ1v) is 20.5. The van der Waals surface area contributed by atoms with E-state index in [4.69, 9.17) is 6.57 Å². The van der Waals surface area contributed by atoms with E-state index in [-0.39, 0.29) is 9.13 Å². The van der Waals surface area contributed by atoms with Crippen molar-refractivity contribution in [3.8, 4) is 17.8 Å². The Morgan fingerprint density at radius 1 is 0.551 bits per heavy atom. The number of benzene rings is 3. The number of hydrogen-bond donors (Lipinski definition) is 10. The van der Waals surface area contributed by atoms with Crippen LogP contribution in [-0.2, 0) is 25.4 Å². The zero-order valence-electron chi connectivity index (χ0n) is 38.0. The first kappa shape index (κ1) is 57.6. The summed E-state index contributed by atoms with van der Waals surface area (Å²) in [7, 11) is 0. The molecule has 5 rings (SSSR count). The van der Waals surface area contributed by atoms with E-state index < -0.39 is 199 Å². The molecule has 0 aliphatic rings. The van der Waals surface area contributed by atoms with Gasteiger partial charge in [-0.1, -0.05) is 0 Å². The molecule has 0 saturated carbocycles. The van der Waals surface area contributed by atoms with Crippen LogP contribution in [0.2, 0.25) is 0 Å². The van der Waals surface area contributed by atoms with Crippen molar-refractivity contribution in [2.75, 3.05) is 13.1 Å². The molecule has 2 aromatic heterocycles. The molecule has 34 heteroatoms. The van der Waals surface area contributed by atoms with Crippen LogP contribution in [0.1, 0.15) is 99.6 Å². The van der Waals surface area contributed by atoms with Crippen LogP contribution in [0.25, 0.3) is 4.85 Å². The van der Waals surface area contributed by atoms with Crippen LogP contribution < -0.4 is 21.8 Å². The third-order valence-corrected chi connectivity index (χ3v) is 10.4. The maximum atomic E-state index is 14.3. The third kappa shape index (κ3) is 11.9. The molecule has 0 spiro atoms. The number of pyridine rings is 2. The zero-order valence-corrected chi connectivity index (χ0v) is 38.0. The van der Waals surface area contributed by atoms with Gasteiger partial charge in [-0.2, -0.15) is 31.6 Å². The zero-order chi connectivity index (χ0) is 58.5. The SMILES string of the molecule is [C-]#[N+]c1c(C(F)(F)F)c(N=Nc2cc(C(=O)O)ccc2C(=O)O)c(=O)n(CCNC(=O)c2cc(C(=O)O)c(C(=O)NCCn3c(O)c(C#N)c(C(F)(F)F)c(N=Nc4cc(C(=O)O)ccc4C(=O)O)c3=O)cc2C(=O)O)c1O. The highest BCUT2D eigenvalue weighted by Crippen LogP contribution is 2.46. The lowest BCUT2D eigenvalue weighted by atomic mass is 9.97. The molecule has 2 amide bonds. The molecule has 28 nitrogen and oxygen atoms in total. The minimum atomic E-state index is -5.67. The number of azo groups is 2. The standard InChI is InChI=1S/C44H26F6N10O18/c1-52-28-27(44(48,49)50)30(58-56-25-11-16(38(69)70)3-5-18(25)40(73)74)36(66)60(34(28)64)9-7-54-32(62)20-13-21(41(75)76)19(12-22(20)42(77)78)31(61)53-6-8-59-33(63)23(14-51)26(43(45,46)47)29(35(59)65)57-55-24-10-15(37(67)68)2-4-17(24)39(71)72/h2-5,10-13,63-64H,6-9H2,(H,53,61)(H,54,62)(H,67,68)(H,69,70)(H,71,72)(H,73,74)(H,75,76)(H,77,78). The lowest BCUT2D eigenvalue weighted by Crippen LogP contribution is -2.34. The predicted octanol–water partition coefficient (Wildman–Crippen LogP) is 5.76. The van der Waals surface area contributed by atoms with Crippen LogP contribution in [0, 0.1) is 17.9 Å². The molecule has 0 aliphatic carbocycles. The summed E-state index contributed by atoms with van der Waals surface area (Å²) < 4.78 is 86.0. The van der Waals surface area contributed by atoms with Gasteiger partial charge in [-0.05, 0) is 48.5 Å². The number of aromatic nitrogens is 2. The molecule has 0 aliphatic heterocycles. The van der Waals surface area contributed by atoms with Crippen LogP contribution >= 0.6 is 0 Å². The minimum Gasteiger partial charge on any atom is -0.503 e. The van der Waals surface area contributed by atoms with E-state index in [1.54, 1.807) is 0 Å². The number of hydrogen-bond acceptors (Lipinski definition) is 17. The van der Waals surface area contributed by atoms with Gasteiger partial charge >= 0.3 is 48.2 Å².